The number of aromatic nitrogens is 3. The van der Waals surface area contributed by atoms with Crippen LogP contribution in [0, 0.1) is 6.92 Å². The molecular formula is C21H23N5O3S2. The van der Waals surface area contributed by atoms with Gasteiger partial charge < -0.3 is 5.32 Å². The third-order valence-electron chi connectivity index (χ3n) is 5.03. The summed E-state index contributed by atoms with van der Waals surface area (Å²) in [6, 6.07) is 10.4. The van der Waals surface area contributed by atoms with Crippen LogP contribution in [0.4, 0.5) is 5.13 Å². The standard InChI is InChI=1S/C21H23N5O3S2/c1-3-31(28,29)17-8-5-15(6-9-17)10-20(27)23-21-22-18-12-26(13-19(18)30-21)11-16-7-4-14(2)24-25-16/h4-9H,3,10-13H2,1-2H3,(H,22,23,27). The Morgan fingerprint density at radius 1 is 1.13 bits per heavy atom. The number of hydrogen-bond acceptors (Lipinski definition) is 8. The molecule has 0 spiro atoms. The van der Waals surface area contributed by atoms with E-state index < -0.39 is 9.84 Å². The van der Waals surface area contributed by atoms with E-state index in [1.807, 2.05) is 19.1 Å². The van der Waals surface area contributed by atoms with Gasteiger partial charge in [-0.15, -0.1) is 11.3 Å². The van der Waals surface area contributed by atoms with Crippen LogP contribution in [-0.4, -0.2) is 40.2 Å². The van der Waals surface area contributed by atoms with E-state index in [9.17, 15) is 13.2 Å². The van der Waals surface area contributed by atoms with E-state index in [1.165, 1.54) is 11.3 Å². The molecule has 1 N–H and O–H groups in total. The van der Waals surface area contributed by atoms with E-state index in [0.717, 1.165) is 34.1 Å². The van der Waals surface area contributed by atoms with Crippen molar-refractivity contribution in [1.29, 1.82) is 0 Å². The van der Waals surface area contributed by atoms with Crippen molar-refractivity contribution in [2.45, 2.75) is 44.8 Å². The van der Waals surface area contributed by atoms with E-state index >= 15 is 0 Å². The Morgan fingerprint density at radius 3 is 2.55 bits per heavy atom. The van der Waals surface area contributed by atoms with E-state index in [1.54, 1.807) is 31.2 Å². The second-order valence-corrected chi connectivity index (χ2v) is 10.8. The summed E-state index contributed by atoms with van der Waals surface area (Å²) in [6.45, 7) is 5.71. The first-order valence-electron chi connectivity index (χ1n) is 9.94. The number of nitrogens with zero attached hydrogens (tertiary/aromatic N) is 4. The fourth-order valence-electron chi connectivity index (χ4n) is 3.34. The smallest absolute Gasteiger partial charge is 0.230 e. The number of nitrogens with one attached hydrogen (secondary N) is 1. The molecule has 3 heterocycles. The Kier molecular flexibility index (Phi) is 6.12. The van der Waals surface area contributed by atoms with Crippen molar-refractivity contribution in [3.8, 4) is 0 Å². The number of aryl methyl sites for hydroxylation is 1. The van der Waals surface area contributed by atoms with Gasteiger partial charge >= 0.3 is 0 Å². The molecule has 10 heteroatoms. The van der Waals surface area contributed by atoms with Crippen molar-refractivity contribution in [2.75, 3.05) is 11.1 Å². The summed E-state index contributed by atoms with van der Waals surface area (Å²) in [5.41, 5.74) is 3.55. The zero-order valence-electron chi connectivity index (χ0n) is 17.3. The van der Waals surface area contributed by atoms with Crippen LogP contribution in [0.1, 0.15) is 34.4 Å². The monoisotopic (exact) mass is 457 g/mol. The molecule has 1 aromatic carbocycles. The van der Waals surface area contributed by atoms with Crippen LogP contribution in [0.25, 0.3) is 0 Å². The quantitative estimate of drug-likeness (QED) is 0.581. The molecule has 3 aromatic rings. The van der Waals surface area contributed by atoms with Crippen LogP contribution in [0.2, 0.25) is 0 Å². The number of benzene rings is 1. The normalized spacial score (nSPS) is 13.9. The van der Waals surface area contributed by atoms with Crippen LogP contribution < -0.4 is 5.32 Å². The molecule has 1 amide bonds. The highest BCUT2D eigenvalue weighted by molar-refractivity contribution is 7.91. The van der Waals surface area contributed by atoms with Gasteiger partial charge in [-0.1, -0.05) is 19.1 Å². The molecule has 1 aliphatic heterocycles. The molecule has 0 unspecified atom stereocenters. The summed E-state index contributed by atoms with van der Waals surface area (Å²) >= 11 is 1.49. The first kappa shape index (κ1) is 21.5. The van der Waals surface area contributed by atoms with Crippen molar-refractivity contribution in [3.63, 3.8) is 0 Å². The Bertz CT molecular complexity index is 1170. The van der Waals surface area contributed by atoms with Gasteiger partial charge in [0.1, 0.15) is 0 Å². The maximum absolute atomic E-state index is 12.4. The van der Waals surface area contributed by atoms with Crippen molar-refractivity contribution >= 4 is 32.2 Å². The van der Waals surface area contributed by atoms with Crippen LogP contribution in [0.3, 0.4) is 0 Å². The first-order valence-corrected chi connectivity index (χ1v) is 12.4. The minimum Gasteiger partial charge on any atom is -0.302 e. The van der Waals surface area contributed by atoms with Crippen molar-refractivity contribution in [3.05, 3.63) is 63.9 Å². The average Bonchev–Trinajstić information content (AvgIpc) is 3.27. The van der Waals surface area contributed by atoms with Gasteiger partial charge in [-0.05, 0) is 36.8 Å². The minimum atomic E-state index is -3.24. The fraction of sp³-hybridized carbons (Fsp3) is 0.333. The maximum atomic E-state index is 12.4. The van der Waals surface area contributed by atoms with Gasteiger partial charge in [0.05, 0.1) is 34.2 Å². The summed E-state index contributed by atoms with van der Waals surface area (Å²) in [5, 5.41) is 11.8. The lowest BCUT2D eigenvalue weighted by Gasteiger charge is -2.13. The van der Waals surface area contributed by atoms with Crippen molar-refractivity contribution in [1.82, 2.24) is 20.1 Å². The van der Waals surface area contributed by atoms with Crippen LogP contribution in [0.15, 0.2) is 41.3 Å². The molecule has 2 aromatic heterocycles. The zero-order chi connectivity index (χ0) is 22.0. The number of hydrogen-bond donors (Lipinski definition) is 1. The molecule has 162 valence electrons. The summed E-state index contributed by atoms with van der Waals surface area (Å²) in [5.74, 6) is -0.123. The highest BCUT2D eigenvalue weighted by Crippen LogP contribution is 2.31. The van der Waals surface area contributed by atoms with Crippen LogP contribution in [-0.2, 0) is 40.7 Å². The molecular weight excluding hydrogens is 434 g/mol. The van der Waals surface area contributed by atoms with Gasteiger partial charge in [0, 0.05) is 24.5 Å². The number of carbonyl (C=O) groups excluding carboxylic acids is 1. The van der Waals surface area contributed by atoms with E-state index in [2.05, 4.69) is 25.4 Å². The lowest BCUT2D eigenvalue weighted by atomic mass is 10.1. The second-order valence-electron chi connectivity index (χ2n) is 7.47. The maximum Gasteiger partial charge on any atom is 0.230 e. The molecule has 0 bridgehead atoms. The third-order valence-corrected chi connectivity index (χ3v) is 7.78. The van der Waals surface area contributed by atoms with Gasteiger partial charge in [0.15, 0.2) is 15.0 Å². The molecule has 1 aliphatic rings. The van der Waals surface area contributed by atoms with Gasteiger partial charge in [-0.3, -0.25) is 9.69 Å². The van der Waals surface area contributed by atoms with Crippen molar-refractivity contribution < 1.29 is 13.2 Å². The van der Waals surface area contributed by atoms with Gasteiger partial charge in [0.25, 0.3) is 0 Å². The second kappa shape index (κ2) is 8.81. The summed E-state index contributed by atoms with van der Waals surface area (Å²) < 4.78 is 23.8. The average molecular weight is 458 g/mol. The molecule has 0 saturated carbocycles. The Morgan fingerprint density at radius 2 is 1.90 bits per heavy atom. The highest BCUT2D eigenvalue weighted by Gasteiger charge is 2.24. The molecule has 0 fully saturated rings. The van der Waals surface area contributed by atoms with Crippen molar-refractivity contribution in [2.24, 2.45) is 0 Å². The van der Waals surface area contributed by atoms with E-state index in [0.29, 0.717) is 18.2 Å². The Balaban J connectivity index is 1.31. The molecule has 31 heavy (non-hydrogen) atoms. The Hall–Kier alpha value is -2.69. The number of sulfone groups is 1. The largest absolute Gasteiger partial charge is 0.302 e. The lowest BCUT2D eigenvalue weighted by Crippen LogP contribution is -2.18. The third kappa shape index (κ3) is 5.15. The summed E-state index contributed by atoms with van der Waals surface area (Å²) in [7, 11) is -3.24. The Labute approximate surface area is 185 Å². The summed E-state index contributed by atoms with van der Waals surface area (Å²) in [4.78, 5) is 20.6. The number of anilines is 1. The van der Waals surface area contributed by atoms with Gasteiger partial charge in [0.2, 0.25) is 5.91 Å². The van der Waals surface area contributed by atoms with Crippen LogP contribution in [0.5, 0.6) is 0 Å². The molecule has 8 nitrogen and oxygen atoms in total. The number of fused-ring (bicyclic) bond motifs is 1. The predicted molar refractivity (Wildman–Crippen MR) is 118 cm³/mol. The molecule has 4 rings (SSSR count). The van der Waals surface area contributed by atoms with Gasteiger partial charge in [-0.2, -0.15) is 10.2 Å². The van der Waals surface area contributed by atoms with E-state index in [4.69, 9.17) is 0 Å². The zero-order valence-corrected chi connectivity index (χ0v) is 19.0. The molecule has 0 saturated heterocycles. The molecule has 0 aliphatic carbocycles. The van der Waals surface area contributed by atoms with Crippen LogP contribution >= 0.6 is 11.3 Å². The SMILES string of the molecule is CCS(=O)(=O)c1ccc(CC(=O)Nc2nc3c(s2)CN(Cc2ccc(C)nn2)C3)cc1. The first-order chi connectivity index (χ1) is 14.8. The number of rotatable bonds is 7. The predicted octanol–water partition coefficient (Wildman–Crippen LogP) is 2.73. The van der Waals surface area contributed by atoms with Gasteiger partial charge in [-0.25, -0.2) is 13.4 Å². The lowest BCUT2D eigenvalue weighted by molar-refractivity contribution is -0.115. The fourth-order valence-corrected chi connectivity index (χ4v) is 5.25. The number of thiazole rings is 1. The molecule has 0 radical (unpaired) electrons. The molecule has 0 atom stereocenters. The summed E-state index contributed by atoms with van der Waals surface area (Å²) in [6.07, 6.45) is 0.162. The topological polar surface area (TPSA) is 105 Å². The van der Waals surface area contributed by atoms with E-state index in [-0.39, 0.29) is 23.0 Å². The number of amides is 1. The number of carbonyl (C=O) groups is 1. The minimum absolute atomic E-state index is 0.0530. The highest BCUT2D eigenvalue weighted by atomic mass is 32.2.